The summed E-state index contributed by atoms with van der Waals surface area (Å²) in [6.07, 6.45) is 1.15. The molecule has 154 valence electrons. The molecule has 1 aromatic heterocycles. The van der Waals surface area contributed by atoms with Crippen LogP contribution in [0.5, 0.6) is 0 Å². The molecule has 1 amide bonds. The van der Waals surface area contributed by atoms with Crippen LogP contribution in [0.3, 0.4) is 0 Å². The van der Waals surface area contributed by atoms with Crippen molar-refractivity contribution in [1.82, 2.24) is 9.78 Å². The number of carbonyl (C=O) groups is 3. The van der Waals surface area contributed by atoms with Crippen molar-refractivity contribution in [2.24, 2.45) is 0 Å². The van der Waals surface area contributed by atoms with E-state index in [1.54, 1.807) is 31.2 Å². The maximum absolute atomic E-state index is 13.0. The average Bonchev–Trinajstić information content (AvgIpc) is 3.17. The molecule has 0 spiro atoms. The minimum absolute atomic E-state index is 0.0638. The standard InChI is InChI=1S/C22H20FN3O4/c1-2-30-22(29)18-14-24-26(17-6-4-3-5-7-17)21(18)25-20(28)13-12-19(27)15-8-10-16(23)11-9-15/h3-11,14H,2,12-13H2,1H3,(H,25,28). The predicted molar refractivity (Wildman–Crippen MR) is 108 cm³/mol. The maximum atomic E-state index is 13.0. The molecule has 3 aromatic rings. The van der Waals surface area contributed by atoms with Gasteiger partial charge < -0.3 is 10.1 Å². The highest BCUT2D eigenvalue weighted by Gasteiger charge is 2.22. The van der Waals surface area contributed by atoms with Gasteiger partial charge in [0.1, 0.15) is 11.4 Å². The summed E-state index contributed by atoms with van der Waals surface area (Å²) in [7, 11) is 0. The molecule has 0 unspecified atom stereocenters. The van der Waals surface area contributed by atoms with E-state index in [9.17, 15) is 18.8 Å². The van der Waals surface area contributed by atoms with E-state index in [0.29, 0.717) is 11.3 Å². The number of Topliss-reactive ketones (excluding diaryl/α,β-unsaturated/α-hetero) is 1. The number of esters is 1. The predicted octanol–water partition coefficient (Wildman–Crippen LogP) is 3.79. The first-order valence-electron chi connectivity index (χ1n) is 9.38. The number of benzene rings is 2. The van der Waals surface area contributed by atoms with E-state index < -0.39 is 17.7 Å². The minimum Gasteiger partial charge on any atom is -0.462 e. The van der Waals surface area contributed by atoms with Crippen molar-refractivity contribution in [3.63, 3.8) is 0 Å². The van der Waals surface area contributed by atoms with E-state index in [4.69, 9.17) is 4.74 Å². The number of carbonyl (C=O) groups excluding carboxylic acids is 3. The molecule has 0 aliphatic heterocycles. The number of amides is 1. The van der Waals surface area contributed by atoms with Crippen molar-refractivity contribution < 1.29 is 23.5 Å². The first-order valence-corrected chi connectivity index (χ1v) is 9.38. The van der Waals surface area contributed by atoms with Gasteiger partial charge in [-0.3, -0.25) is 9.59 Å². The molecular weight excluding hydrogens is 389 g/mol. The van der Waals surface area contributed by atoms with Gasteiger partial charge in [-0.25, -0.2) is 13.9 Å². The number of ketones is 1. The summed E-state index contributed by atoms with van der Waals surface area (Å²) >= 11 is 0. The number of hydrogen-bond acceptors (Lipinski definition) is 5. The highest BCUT2D eigenvalue weighted by atomic mass is 19.1. The Balaban J connectivity index is 1.76. The summed E-state index contributed by atoms with van der Waals surface area (Å²) in [6.45, 7) is 1.85. The molecule has 0 saturated carbocycles. The van der Waals surface area contributed by atoms with Crippen molar-refractivity contribution in [3.05, 3.63) is 77.7 Å². The van der Waals surface area contributed by atoms with Gasteiger partial charge in [0, 0.05) is 18.4 Å². The summed E-state index contributed by atoms with van der Waals surface area (Å²) < 4.78 is 19.4. The fourth-order valence-corrected chi connectivity index (χ4v) is 2.79. The lowest BCUT2D eigenvalue weighted by atomic mass is 10.1. The van der Waals surface area contributed by atoms with Crippen LogP contribution in [0.25, 0.3) is 5.69 Å². The molecule has 0 radical (unpaired) electrons. The smallest absolute Gasteiger partial charge is 0.343 e. The number of hydrogen-bond donors (Lipinski definition) is 1. The van der Waals surface area contributed by atoms with E-state index in [2.05, 4.69) is 10.4 Å². The molecule has 0 fully saturated rings. The van der Waals surface area contributed by atoms with Crippen molar-refractivity contribution >= 4 is 23.5 Å². The summed E-state index contributed by atoms with van der Waals surface area (Å²) in [5, 5.41) is 6.85. The molecule has 7 nitrogen and oxygen atoms in total. The zero-order valence-corrected chi connectivity index (χ0v) is 16.3. The summed E-state index contributed by atoms with van der Waals surface area (Å²) in [5.74, 6) is -1.64. The van der Waals surface area contributed by atoms with Gasteiger partial charge in [-0.05, 0) is 43.3 Å². The number of halogens is 1. The second-order valence-electron chi connectivity index (χ2n) is 6.35. The van der Waals surface area contributed by atoms with Gasteiger partial charge in [0.25, 0.3) is 0 Å². The van der Waals surface area contributed by atoms with Gasteiger partial charge in [-0.1, -0.05) is 18.2 Å². The second kappa shape index (κ2) is 9.60. The van der Waals surface area contributed by atoms with E-state index >= 15 is 0 Å². The lowest BCUT2D eigenvalue weighted by molar-refractivity contribution is -0.116. The summed E-state index contributed by atoms with van der Waals surface area (Å²) in [5.41, 5.74) is 1.08. The zero-order chi connectivity index (χ0) is 21.5. The molecule has 0 bridgehead atoms. The molecule has 2 aromatic carbocycles. The Bertz CT molecular complexity index is 1050. The van der Waals surface area contributed by atoms with Crippen LogP contribution in [-0.2, 0) is 9.53 Å². The second-order valence-corrected chi connectivity index (χ2v) is 6.35. The van der Waals surface area contributed by atoms with Crippen molar-refractivity contribution in [1.29, 1.82) is 0 Å². The van der Waals surface area contributed by atoms with Crippen LogP contribution in [0.15, 0.2) is 60.8 Å². The number of ether oxygens (including phenoxy) is 1. The van der Waals surface area contributed by atoms with Crippen LogP contribution in [0.4, 0.5) is 10.2 Å². The van der Waals surface area contributed by atoms with Crippen LogP contribution in [0.1, 0.15) is 40.5 Å². The van der Waals surface area contributed by atoms with Gasteiger partial charge in [0.05, 0.1) is 18.5 Å². The molecule has 0 aliphatic rings. The SMILES string of the molecule is CCOC(=O)c1cnn(-c2ccccc2)c1NC(=O)CCC(=O)c1ccc(F)cc1. The third-order valence-electron chi connectivity index (χ3n) is 4.27. The van der Waals surface area contributed by atoms with Crippen LogP contribution in [-0.4, -0.2) is 34.0 Å². The van der Waals surface area contributed by atoms with Gasteiger partial charge in [-0.2, -0.15) is 5.10 Å². The zero-order valence-electron chi connectivity index (χ0n) is 16.3. The number of nitrogens with one attached hydrogen (secondary N) is 1. The first-order chi connectivity index (χ1) is 14.5. The number of para-hydroxylation sites is 1. The molecule has 0 aliphatic carbocycles. The Labute approximate surface area is 172 Å². The Morgan fingerprint density at radius 1 is 1.03 bits per heavy atom. The third-order valence-corrected chi connectivity index (χ3v) is 4.27. The third kappa shape index (κ3) is 4.96. The number of nitrogens with zero attached hydrogens (tertiary/aromatic N) is 2. The van der Waals surface area contributed by atoms with Gasteiger partial charge >= 0.3 is 5.97 Å². The van der Waals surface area contributed by atoms with Crippen molar-refractivity contribution in [2.75, 3.05) is 11.9 Å². The van der Waals surface area contributed by atoms with E-state index in [-0.39, 0.29) is 36.6 Å². The topological polar surface area (TPSA) is 90.3 Å². The maximum Gasteiger partial charge on any atom is 0.343 e. The quantitative estimate of drug-likeness (QED) is 0.452. The molecule has 8 heteroatoms. The van der Waals surface area contributed by atoms with Crippen molar-refractivity contribution in [3.8, 4) is 5.69 Å². The largest absolute Gasteiger partial charge is 0.462 e. The molecule has 30 heavy (non-hydrogen) atoms. The van der Waals surface area contributed by atoms with E-state index in [1.807, 2.05) is 6.07 Å². The lowest BCUT2D eigenvalue weighted by Gasteiger charge is -2.11. The first kappa shape index (κ1) is 20.9. The number of aromatic nitrogens is 2. The van der Waals surface area contributed by atoms with Crippen LogP contribution < -0.4 is 5.32 Å². The molecule has 0 atom stereocenters. The Hall–Kier alpha value is -3.81. The van der Waals surface area contributed by atoms with Gasteiger partial charge in [0.15, 0.2) is 11.6 Å². The monoisotopic (exact) mass is 409 g/mol. The molecule has 1 heterocycles. The van der Waals surface area contributed by atoms with E-state index in [1.165, 1.54) is 35.1 Å². The highest BCUT2D eigenvalue weighted by molar-refractivity contribution is 6.03. The Morgan fingerprint density at radius 3 is 2.40 bits per heavy atom. The molecule has 3 rings (SSSR count). The van der Waals surface area contributed by atoms with Gasteiger partial charge in [-0.15, -0.1) is 0 Å². The fraction of sp³-hybridized carbons (Fsp3) is 0.182. The van der Waals surface area contributed by atoms with E-state index in [0.717, 1.165) is 0 Å². The summed E-state index contributed by atoms with van der Waals surface area (Å²) in [6, 6.07) is 14.1. The molecular formula is C22H20FN3O4. The van der Waals surface area contributed by atoms with Crippen LogP contribution in [0, 0.1) is 5.82 Å². The average molecular weight is 409 g/mol. The number of anilines is 1. The van der Waals surface area contributed by atoms with Gasteiger partial charge in [0.2, 0.25) is 5.91 Å². The Kier molecular flexibility index (Phi) is 6.69. The van der Waals surface area contributed by atoms with Crippen LogP contribution >= 0.6 is 0 Å². The minimum atomic E-state index is -0.614. The van der Waals surface area contributed by atoms with Crippen LogP contribution in [0.2, 0.25) is 0 Å². The number of rotatable bonds is 8. The Morgan fingerprint density at radius 2 is 1.73 bits per heavy atom. The molecule has 1 N–H and O–H groups in total. The highest BCUT2D eigenvalue weighted by Crippen LogP contribution is 2.22. The lowest BCUT2D eigenvalue weighted by Crippen LogP contribution is -2.18. The fourth-order valence-electron chi connectivity index (χ4n) is 2.79. The molecule has 0 saturated heterocycles. The normalized spacial score (nSPS) is 10.5. The van der Waals surface area contributed by atoms with Crippen molar-refractivity contribution in [2.45, 2.75) is 19.8 Å². The summed E-state index contributed by atoms with van der Waals surface area (Å²) in [4.78, 5) is 37.0.